The summed E-state index contributed by atoms with van der Waals surface area (Å²) in [5.74, 6) is 0. The lowest BCUT2D eigenvalue weighted by molar-refractivity contribution is -0.264. The molecule has 0 aliphatic carbocycles. The number of ether oxygens (including phenoxy) is 3. The van der Waals surface area contributed by atoms with E-state index >= 15 is 0 Å². The van der Waals surface area contributed by atoms with E-state index in [1.165, 1.54) is 5.57 Å². The third-order valence-corrected chi connectivity index (χ3v) is 9.41. The summed E-state index contributed by atoms with van der Waals surface area (Å²) in [7, 11) is 0. The summed E-state index contributed by atoms with van der Waals surface area (Å²) in [6.07, 6.45) is 7.25. The quantitative estimate of drug-likeness (QED) is 0.309. The zero-order chi connectivity index (χ0) is 27.9. The third-order valence-electron chi connectivity index (χ3n) is 9.41. The van der Waals surface area contributed by atoms with Gasteiger partial charge in [0.2, 0.25) is 0 Å². The van der Waals surface area contributed by atoms with E-state index in [0.29, 0.717) is 19.3 Å². The smallest absolute Gasteiger partial charge is 0.0924 e. The molecule has 0 amide bonds. The summed E-state index contributed by atoms with van der Waals surface area (Å²) in [5.41, 5.74) is -2.62. The highest BCUT2D eigenvalue weighted by molar-refractivity contribution is 5.05. The predicted octanol–water partition coefficient (Wildman–Crippen LogP) is 4.57. The molecule has 0 aromatic heterocycles. The maximum absolute atomic E-state index is 11.2. The van der Waals surface area contributed by atoms with Crippen molar-refractivity contribution in [1.82, 2.24) is 0 Å². The molecule has 0 radical (unpaired) electrons. The van der Waals surface area contributed by atoms with Crippen LogP contribution in [0.15, 0.2) is 11.6 Å². The second-order valence-electron chi connectivity index (χ2n) is 13.8. The van der Waals surface area contributed by atoms with Gasteiger partial charge in [0, 0.05) is 0 Å². The molecule has 0 saturated carbocycles. The maximum Gasteiger partial charge on any atom is 0.0924 e. The molecule has 7 nitrogen and oxygen atoms in total. The Bertz CT molecular complexity index is 800. The van der Waals surface area contributed by atoms with E-state index in [2.05, 4.69) is 33.8 Å². The fraction of sp³-hybridized carbons (Fsp3) is 0.933. The van der Waals surface area contributed by atoms with Crippen molar-refractivity contribution in [3.05, 3.63) is 11.6 Å². The van der Waals surface area contributed by atoms with E-state index in [-0.39, 0.29) is 18.3 Å². The average molecular weight is 527 g/mol. The second-order valence-corrected chi connectivity index (χ2v) is 13.8. The van der Waals surface area contributed by atoms with Crippen molar-refractivity contribution < 1.29 is 34.6 Å². The number of hydrogen-bond donors (Lipinski definition) is 4. The van der Waals surface area contributed by atoms with Crippen molar-refractivity contribution in [2.75, 3.05) is 0 Å². The minimum atomic E-state index is -1.21. The van der Waals surface area contributed by atoms with E-state index < -0.39 is 40.2 Å². The van der Waals surface area contributed by atoms with Crippen molar-refractivity contribution >= 4 is 0 Å². The number of rotatable bonds is 10. The van der Waals surface area contributed by atoms with Gasteiger partial charge in [-0.05, 0) is 120 Å². The zero-order valence-electron chi connectivity index (χ0n) is 24.5. The van der Waals surface area contributed by atoms with Crippen molar-refractivity contribution in [1.29, 1.82) is 0 Å². The van der Waals surface area contributed by atoms with Gasteiger partial charge in [0.1, 0.15) is 0 Å². The molecule has 3 saturated heterocycles. The van der Waals surface area contributed by atoms with Gasteiger partial charge in [0.25, 0.3) is 0 Å². The third kappa shape index (κ3) is 7.16. The molecule has 3 aliphatic heterocycles. The van der Waals surface area contributed by atoms with Crippen LogP contribution >= 0.6 is 0 Å². The van der Waals surface area contributed by atoms with Crippen molar-refractivity contribution in [3.63, 3.8) is 0 Å². The first-order valence-electron chi connectivity index (χ1n) is 14.4. The van der Waals surface area contributed by atoms with Crippen LogP contribution in [0.5, 0.6) is 0 Å². The largest absolute Gasteiger partial charge is 0.390 e. The van der Waals surface area contributed by atoms with E-state index in [9.17, 15) is 20.4 Å². The molecule has 216 valence electrons. The summed E-state index contributed by atoms with van der Waals surface area (Å²) in [4.78, 5) is 0. The molecule has 37 heavy (non-hydrogen) atoms. The van der Waals surface area contributed by atoms with Crippen molar-refractivity contribution in [2.24, 2.45) is 0 Å². The summed E-state index contributed by atoms with van der Waals surface area (Å²) in [6.45, 7) is 15.3. The number of allylic oxidation sites excluding steroid dienone is 2. The molecule has 3 rings (SSSR count). The lowest BCUT2D eigenvalue weighted by Gasteiger charge is -2.50. The highest BCUT2D eigenvalue weighted by Gasteiger charge is 2.55. The fourth-order valence-electron chi connectivity index (χ4n) is 6.49. The van der Waals surface area contributed by atoms with Gasteiger partial charge >= 0.3 is 0 Å². The Kier molecular flexibility index (Phi) is 9.34. The maximum atomic E-state index is 11.2. The lowest BCUT2D eigenvalue weighted by atomic mass is 9.79. The minimum absolute atomic E-state index is 0.0744. The summed E-state index contributed by atoms with van der Waals surface area (Å²) in [5, 5.41) is 42.2. The second kappa shape index (κ2) is 11.1. The fourth-order valence-corrected chi connectivity index (χ4v) is 6.49. The Morgan fingerprint density at radius 1 is 0.973 bits per heavy atom. The first kappa shape index (κ1) is 31.0. The van der Waals surface area contributed by atoms with Crippen LogP contribution in [0, 0.1) is 0 Å². The first-order chi connectivity index (χ1) is 16.9. The van der Waals surface area contributed by atoms with Gasteiger partial charge in [-0.15, -0.1) is 0 Å². The molecule has 0 spiro atoms. The van der Waals surface area contributed by atoms with Gasteiger partial charge in [0.15, 0.2) is 0 Å². The summed E-state index contributed by atoms with van der Waals surface area (Å²) >= 11 is 0. The number of aliphatic hydroxyl groups excluding tert-OH is 2. The van der Waals surface area contributed by atoms with E-state index in [1.807, 2.05) is 6.92 Å². The molecule has 9 atom stereocenters. The van der Waals surface area contributed by atoms with Crippen molar-refractivity contribution in [2.45, 2.75) is 178 Å². The van der Waals surface area contributed by atoms with Crippen LogP contribution in [0.4, 0.5) is 0 Å². The van der Waals surface area contributed by atoms with Crippen LogP contribution in [0.2, 0.25) is 0 Å². The molecule has 3 heterocycles. The Hall–Kier alpha value is -0.540. The van der Waals surface area contributed by atoms with E-state index in [0.717, 1.165) is 44.9 Å². The Morgan fingerprint density at radius 2 is 1.57 bits per heavy atom. The van der Waals surface area contributed by atoms with Gasteiger partial charge in [0.05, 0.1) is 58.5 Å². The van der Waals surface area contributed by atoms with Crippen LogP contribution < -0.4 is 0 Å². The summed E-state index contributed by atoms with van der Waals surface area (Å²) < 4.78 is 19.9. The standard InChI is InChI=1S/C30H54O7/c1-20(2)10-9-16-28(6)22(32)14-18-30(8,37-28)25-12-11-24(35-25)29(7)19-15-23(36-29)27(5,34)17-13-21(31)26(3,4)33/h10,21-25,31-34H,9,11-19H2,1-8H3/t21-,22+,23-,24-,25-,27?,28-,29+,30-/m1/s1. The van der Waals surface area contributed by atoms with Crippen LogP contribution in [0.25, 0.3) is 0 Å². The Balaban J connectivity index is 1.61. The molecule has 3 fully saturated rings. The molecular formula is C30H54O7. The van der Waals surface area contributed by atoms with Gasteiger partial charge in [-0.1, -0.05) is 11.6 Å². The molecule has 0 bridgehead atoms. The molecule has 3 aliphatic rings. The van der Waals surface area contributed by atoms with Crippen LogP contribution in [-0.2, 0) is 14.2 Å². The molecule has 0 aromatic rings. The predicted molar refractivity (Wildman–Crippen MR) is 144 cm³/mol. The molecule has 7 heteroatoms. The van der Waals surface area contributed by atoms with E-state index in [1.54, 1.807) is 20.8 Å². The van der Waals surface area contributed by atoms with Crippen LogP contribution in [-0.4, -0.2) is 79.0 Å². The van der Waals surface area contributed by atoms with Gasteiger partial charge in [-0.25, -0.2) is 0 Å². The molecule has 4 N–H and O–H groups in total. The number of hydrogen-bond acceptors (Lipinski definition) is 7. The summed E-state index contributed by atoms with van der Waals surface area (Å²) in [6, 6.07) is 0. The first-order valence-corrected chi connectivity index (χ1v) is 14.4. The topological polar surface area (TPSA) is 109 Å². The van der Waals surface area contributed by atoms with Crippen LogP contribution in [0.3, 0.4) is 0 Å². The SMILES string of the molecule is CC(C)=CCC[C@@]1(C)O[C@@](C)([C@H]2CC[C@H]([C@]3(C)CC[C@H](C(C)(O)CC[C@@H](O)C(C)(C)O)O3)O2)CC[C@@H]1O. The average Bonchev–Trinajstić information content (AvgIpc) is 3.43. The van der Waals surface area contributed by atoms with Crippen LogP contribution in [0.1, 0.15) is 120 Å². The number of aliphatic hydroxyl groups is 4. The lowest BCUT2D eigenvalue weighted by Crippen LogP contribution is -2.58. The van der Waals surface area contributed by atoms with Gasteiger partial charge < -0.3 is 34.6 Å². The highest BCUT2D eigenvalue weighted by Crippen LogP contribution is 2.48. The molecule has 1 unspecified atom stereocenters. The highest BCUT2D eigenvalue weighted by atomic mass is 16.6. The monoisotopic (exact) mass is 526 g/mol. The van der Waals surface area contributed by atoms with Gasteiger partial charge in [-0.2, -0.15) is 0 Å². The van der Waals surface area contributed by atoms with Gasteiger partial charge in [-0.3, -0.25) is 0 Å². The minimum Gasteiger partial charge on any atom is -0.390 e. The zero-order valence-corrected chi connectivity index (χ0v) is 24.5. The molecular weight excluding hydrogens is 472 g/mol. The normalized spacial score (nSPS) is 41.4. The van der Waals surface area contributed by atoms with Crippen molar-refractivity contribution in [3.8, 4) is 0 Å². The Morgan fingerprint density at radius 3 is 2.16 bits per heavy atom. The molecule has 0 aromatic carbocycles. The Labute approximate surface area is 224 Å². The van der Waals surface area contributed by atoms with E-state index in [4.69, 9.17) is 14.2 Å².